The van der Waals surface area contributed by atoms with Crippen LogP contribution in [0.4, 0.5) is 0 Å². The number of hydrogen-bond donors (Lipinski definition) is 0. The highest BCUT2D eigenvalue weighted by atomic mass is 16.5. The Morgan fingerprint density at radius 3 is 2.28 bits per heavy atom. The van der Waals surface area contributed by atoms with E-state index in [4.69, 9.17) is 4.74 Å². The molecular weight excluding hydrogens is 220 g/mol. The van der Waals surface area contributed by atoms with E-state index >= 15 is 0 Å². The standard InChI is InChI=1S/C17H18O/c1-3-12-5-7-15-14(9-12)11-18-17-10-13(4-2)6-8-16(15)17/h5-10H,3-4,11H2,1-2H3. The largest absolute Gasteiger partial charge is 0.488 e. The molecule has 0 saturated heterocycles. The van der Waals surface area contributed by atoms with Crippen molar-refractivity contribution in [3.63, 3.8) is 0 Å². The molecule has 1 heteroatoms. The summed E-state index contributed by atoms with van der Waals surface area (Å²) in [7, 11) is 0. The Morgan fingerprint density at radius 2 is 1.56 bits per heavy atom. The van der Waals surface area contributed by atoms with Gasteiger partial charge in [0, 0.05) is 5.56 Å². The van der Waals surface area contributed by atoms with Crippen molar-refractivity contribution in [3.05, 3.63) is 53.1 Å². The lowest BCUT2D eigenvalue weighted by Crippen LogP contribution is -2.06. The number of benzene rings is 2. The number of hydrogen-bond acceptors (Lipinski definition) is 1. The smallest absolute Gasteiger partial charge is 0.127 e. The average molecular weight is 238 g/mol. The molecule has 1 heterocycles. The molecule has 1 aliphatic heterocycles. The third-order valence-corrected chi connectivity index (χ3v) is 3.71. The Morgan fingerprint density at radius 1 is 0.889 bits per heavy atom. The fourth-order valence-corrected chi connectivity index (χ4v) is 2.53. The highest BCUT2D eigenvalue weighted by Crippen LogP contribution is 2.38. The van der Waals surface area contributed by atoms with Gasteiger partial charge in [-0.05, 0) is 41.2 Å². The average Bonchev–Trinajstić information content (AvgIpc) is 2.45. The monoisotopic (exact) mass is 238 g/mol. The first-order valence-electron chi connectivity index (χ1n) is 6.69. The molecule has 18 heavy (non-hydrogen) atoms. The molecule has 0 spiro atoms. The van der Waals surface area contributed by atoms with E-state index in [1.54, 1.807) is 0 Å². The highest BCUT2D eigenvalue weighted by molar-refractivity contribution is 5.75. The first kappa shape index (κ1) is 11.3. The second-order valence-electron chi connectivity index (χ2n) is 4.82. The molecule has 0 fully saturated rings. The molecule has 0 N–H and O–H groups in total. The summed E-state index contributed by atoms with van der Waals surface area (Å²) in [5.41, 5.74) is 6.59. The van der Waals surface area contributed by atoms with Crippen LogP contribution < -0.4 is 4.74 Å². The van der Waals surface area contributed by atoms with E-state index in [1.165, 1.54) is 27.8 Å². The number of fused-ring (bicyclic) bond motifs is 3. The van der Waals surface area contributed by atoms with Crippen molar-refractivity contribution in [1.29, 1.82) is 0 Å². The Kier molecular flexibility index (Phi) is 2.83. The second-order valence-corrected chi connectivity index (χ2v) is 4.82. The molecule has 0 aromatic heterocycles. The molecular formula is C17H18O. The van der Waals surface area contributed by atoms with Gasteiger partial charge in [0.1, 0.15) is 12.4 Å². The summed E-state index contributed by atoms with van der Waals surface area (Å²) in [5, 5.41) is 0. The molecule has 0 unspecified atom stereocenters. The van der Waals surface area contributed by atoms with Gasteiger partial charge in [-0.2, -0.15) is 0 Å². The van der Waals surface area contributed by atoms with Gasteiger partial charge in [0.25, 0.3) is 0 Å². The van der Waals surface area contributed by atoms with Crippen molar-refractivity contribution >= 4 is 0 Å². The van der Waals surface area contributed by atoms with Crippen LogP contribution in [0.1, 0.15) is 30.5 Å². The first-order valence-corrected chi connectivity index (χ1v) is 6.69. The Labute approximate surface area is 108 Å². The summed E-state index contributed by atoms with van der Waals surface area (Å²) in [6.07, 6.45) is 2.13. The summed E-state index contributed by atoms with van der Waals surface area (Å²) in [6, 6.07) is 13.3. The third-order valence-electron chi connectivity index (χ3n) is 3.71. The zero-order valence-electron chi connectivity index (χ0n) is 11.0. The van der Waals surface area contributed by atoms with Crippen LogP contribution >= 0.6 is 0 Å². The summed E-state index contributed by atoms with van der Waals surface area (Å²) in [4.78, 5) is 0. The van der Waals surface area contributed by atoms with E-state index in [1.807, 2.05) is 0 Å². The molecule has 0 aliphatic carbocycles. The molecule has 1 nitrogen and oxygen atoms in total. The van der Waals surface area contributed by atoms with Crippen LogP contribution in [0.5, 0.6) is 5.75 Å². The molecule has 92 valence electrons. The topological polar surface area (TPSA) is 9.23 Å². The van der Waals surface area contributed by atoms with E-state index in [0.717, 1.165) is 18.6 Å². The summed E-state index contributed by atoms with van der Waals surface area (Å²) in [6.45, 7) is 5.06. The fourth-order valence-electron chi connectivity index (χ4n) is 2.53. The SMILES string of the molecule is CCc1ccc2c(c1)COc1cc(CC)ccc1-2. The minimum Gasteiger partial charge on any atom is -0.488 e. The van der Waals surface area contributed by atoms with Crippen LogP contribution in [-0.2, 0) is 19.4 Å². The van der Waals surface area contributed by atoms with Gasteiger partial charge >= 0.3 is 0 Å². The van der Waals surface area contributed by atoms with Crippen LogP contribution in [0.2, 0.25) is 0 Å². The maximum absolute atomic E-state index is 5.89. The van der Waals surface area contributed by atoms with Gasteiger partial charge in [-0.25, -0.2) is 0 Å². The number of rotatable bonds is 2. The maximum atomic E-state index is 5.89. The summed E-state index contributed by atoms with van der Waals surface area (Å²) < 4.78 is 5.89. The van der Waals surface area contributed by atoms with Crippen molar-refractivity contribution in [1.82, 2.24) is 0 Å². The van der Waals surface area contributed by atoms with Gasteiger partial charge < -0.3 is 4.74 Å². The van der Waals surface area contributed by atoms with Crippen molar-refractivity contribution in [2.45, 2.75) is 33.3 Å². The maximum Gasteiger partial charge on any atom is 0.127 e. The Hall–Kier alpha value is -1.76. The zero-order chi connectivity index (χ0) is 12.5. The first-order chi connectivity index (χ1) is 8.81. The van der Waals surface area contributed by atoms with Gasteiger partial charge in [0.15, 0.2) is 0 Å². The quantitative estimate of drug-likeness (QED) is 0.754. The lowest BCUT2D eigenvalue weighted by atomic mass is 9.93. The van der Waals surface area contributed by atoms with Gasteiger partial charge in [0.2, 0.25) is 0 Å². The predicted molar refractivity (Wildman–Crippen MR) is 75.0 cm³/mol. The van der Waals surface area contributed by atoms with E-state index in [0.29, 0.717) is 6.61 Å². The lowest BCUT2D eigenvalue weighted by Gasteiger charge is -2.22. The van der Waals surface area contributed by atoms with Gasteiger partial charge in [0.05, 0.1) is 0 Å². The normalized spacial score (nSPS) is 12.6. The number of aryl methyl sites for hydroxylation is 2. The van der Waals surface area contributed by atoms with Crippen molar-refractivity contribution < 1.29 is 4.74 Å². The summed E-state index contributed by atoms with van der Waals surface area (Å²) in [5.74, 6) is 1.03. The van der Waals surface area contributed by atoms with Crippen molar-refractivity contribution in [3.8, 4) is 16.9 Å². The van der Waals surface area contributed by atoms with Crippen LogP contribution in [0.15, 0.2) is 36.4 Å². The zero-order valence-corrected chi connectivity index (χ0v) is 11.0. The molecule has 0 atom stereocenters. The minimum absolute atomic E-state index is 0.698. The third kappa shape index (κ3) is 1.80. The molecule has 0 radical (unpaired) electrons. The fraction of sp³-hybridized carbons (Fsp3) is 0.294. The van der Waals surface area contributed by atoms with Crippen LogP contribution in [0.25, 0.3) is 11.1 Å². The van der Waals surface area contributed by atoms with E-state index in [2.05, 4.69) is 50.2 Å². The minimum atomic E-state index is 0.698. The molecule has 2 aromatic carbocycles. The van der Waals surface area contributed by atoms with Gasteiger partial charge in [-0.1, -0.05) is 44.2 Å². The van der Waals surface area contributed by atoms with E-state index in [-0.39, 0.29) is 0 Å². The van der Waals surface area contributed by atoms with Crippen LogP contribution in [-0.4, -0.2) is 0 Å². The molecule has 1 aliphatic rings. The molecule has 0 amide bonds. The van der Waals surface area contributed by atoms with Crippen LogP contribution in [0.3, 0.4) is 0 Å². The Balaban J connectivity index is 2.11. The molecule has 0 saturated carbocycles. The molecule has 2 aromatic rings. The van der Waals surface area contributed by atoms with Gasteiger partial charge in [-0.3, -0.25) is 0 Å². The highest BCUT2D eigenvalue weighted by Gasteiger charge is 2.17. The van der Waals surface area contributed by atoms with Gasteiger partial charge in [-0.15, -0.1) is 0 Å². The predicted octanol–water partition coefficient (Wildman–Crippen LogP) is 4.37. The second kappa shape index (κ2) is 4.49. The van der Waals surface area contributed by atoms with Crippen molar-refractivity contribution in [2.24, 2.45) is 0 Å². The van der Waals surface area contributed by atoms with E-state index < -0.39 is 0 Å². The Bertz CT molecular complexity index is 531. The number of ether oxygens (including phenoxy) is 1. The molecule has 0 bridgehead atoms. The van der Waals surface area contributed by atoms with Crippen LogP contribution in [0, 0.1) is 0 Å². The van der Waals surface area contributed by atoms with Crippen molar-refractivity contribution in [2.75, 3.05) is 0 Å². The summed E-state index contributed by atoms with van der Waals surface area (Å²) >= 11 is 0. The van der Waals surface area contributed by atoms with E-state index in [9.17, 15) is 0 Å². The lowest BCUT2D eigenvalue weighted by molar-refractivity contribution is 0.302. The molecule has 3 rings (SSSR count).